The zero-order chi connectivity index (χ0) is 35.3. The minimum Gasteiger partial charge on any atom is -0.340 e. The minimum absolute atomic E-state index is 0.263. The maximum Gasteiger partial charge on any atom is 0.700 e. The van der Waals surface area contributed by atoms with E-state index in [2.05, 4.69) is 152 Å². The van der Waals surface area contributed by atoms with Crippen molar-refractivity contribution < 1.29 is 23.1 Å². The fourth-order valence-corrected chi connectivity index (χ4v) is 8.57. The lowest BCUT2D eigenvalue weighted by Crippen LogP contribution is -2.53. The first-order valence-corrected chi connectivity index (χ1v) is 18.9. The molecule has 2 aliphatic rings. The molecule has 2 heterocycles. The van der Waals surface area contributed by atoms with Crippen molar-refractivity contribution in [2.45, 2.75) is 122 Å². The van der Waals surface area contributed by atoms with Gasteiger partial charge in [-0.1, -0.05) is 161 Å². The van der Waals surface area contributed by atoms with Crippen molar-refractivity contribution in [1.29, 1.82) is 0 Å². The average molecular weight is 680 g/mol. The molecule has 0 radical (unpaired) electrons. The summed E-state index contributed by atoms with van der Waals surface area (Å²) in [7, 11) is -2.75. The van der Waals surface area contributed by atoms with Crippen LogP contribution in [0.4, 0.5) is 0 Å². The molecule has 4 aromatic carbocycles. The van der Waals surface area contributed by atoms with E-state index in [9.17, 15) is 4.57 Å². The summed E-state index contributed by atoms with van der Waals surface area (Å²) in [4.78, 5) is 0. The molecular weight excluding hydrogens is 627 g/mol. The van der Waals surface area contributed by atoms with Gasteiger partial charge in [0.25, 0.3) is 0 Å². The Labute approximate surface area is 294 Å². The lowest BCUT2D eigenvalue weighted by atomic mass is 9.71. The normalized spacial score (nSPS) is 21.4. The molecule has 0 N–H and O–H groups in total. The molecule has 6 heteroatoms. The average Bonchev–Trinajstić information content (AvgIpc) is 3.36. The monoisotopic (exact) mass is 679 g/mol. The lowest BCUT2D eigenvalue weighted by Gasteiger charge is -2.39. The van der Waals surface area contributed by atoms with Gasteiger partial charge in [-0.05, 0) is 82.0 Å². The van der Waals surface area contributed by atoms with Crippen LogP contribution in [0.25, 0.3) is 0 Å². The Bertz CT molecular complexity index is 1590. The quantitative estimate of drug-likeness (QED) is 0.174. The zero-order valence-corrected chi connectivity index (χ0v) is 31.6. The largest absolute Gasteiger partial charge is 0.700 e. The van der Waals surface area contributed by atoms with E-state index in [0.717, 1.165) is 44.5 Å². The molecule has 4 aromatic rings. The Balaban J connectivity index is 1.73. The summed E-state index contributed by atoms with van der Waals surface area (Å²) in [6.45, 7) is 21.3. The van der Waals surface area contributed by atoms with Crippen LogP contribution in [-0.2, 0) is 34.3 Å². The molecular formula is C43H52O5P+. The summed E-state index contributed by atoms with van der Waals surface area (Å²) in [5, 5.41) is 0. The Hall–Kier alpha value is -3.18. The molecule has 0 unspecified atom stereocenters. The van der Waals surface area contributed by atoms with E-state index in [4.69, 9.17) is 18.5 Å². The van der Waals surface area contributed by atoms with E-state index < -0.39 is 37.5 Å². The Morgan fingerprint density at radius 2 is 0.755 bits per heavy atom. The number of fused-ring (bicyclic) bond motifs is 1. The van der Waals surface area contributed by atoms with Gasteiger partial charge in [-0.15, -0.1) is 0 Å². The highest BCUT2D eigenvalue weighted by Crippen LogP contribution is 2.61. The first-order chi connectivity index (χ1) is 23.2. The molecule has 0 spiro atoms. The SMILES string of the molecule is CC(C)c1cccc(C2(c3cccc(C(C)C)c3)O[P+](=O)OC(c3cccc(C(C)C)c3)(c3cccc(C(C)C)c3)[C@H]3OC(C)(C)O[C@@H]32)c1. The minimum atomic E-state index is -2.75. The van der Waals surface area contributed by atoms with Crippen molar-refractivity contribution in [1.82, 2.24) is 0 Å². The zero-order valence-electron chi connectivity index (χ0n) is 30.7. The van der Waals surface area contributed by atoms with Crippen molar-refractivity contribution in [3.05, 3.63) is 142 Å². The highest BCUT2D eigenvalue weighted by atomic mass is 31.1. The summed E-state index contributed by atoms with van der Waals surface area (Å²) < 4.78 is 43.0. The molecule has 49 heavy (non-hydrogen) atoms. The van der Waals surface area contributed by atoms with Crippen LogP contribution in [0.5, 0.6) is 0 Å². The Morgan fingerprint density at radius 1 is 0.490 bits per heavy atom. The van der Waals surface area contributed by atoms with Crippen LogP contribution in [-0.4, -0.2) is 18.0 Å². The summed E-state index contributed by atoms with van der Waals surface area (Å²) in [5.41, 5.74) is 5.33. The van der Waals surface area contributed by atoms with Gasteiger partial charge in [0, 0.05) is 4.57 Å². The van der Waals surface area contributed by atoms with Crippen LogP contribution in [0.15, 0.2) is 97.1 Å². The third-order valence-electron chi connectivity index (χ3n) is 10.3. The lowest BCUT2D eigenvalue weighted by molar-refractivity contribution is -0.174. The Kier molecular flexibility index (Phi) is 9.82. The van der Waals surface area contributed by atoms with Gasteiger partial charge in [0.05, 0.1) is 0 Å². The second-order valence-corrected chi connectivity index (χ2v) is 16.3. The third kappa shape index (κ3) is 6.46. The maximum absolute atomic E-state index is 14.9. The Morgan fingerprint density at radius 3 is 1.00 bits per heavy atom. The molecule has 2 aliphatic heterocycles. The van der Waals surface area contributed by atoms with Crippen LogP contribution in [0.2, 0.25) is 0 Å². The van der Waals surface area contributed by atoms with Crippen LogP contribution in [0.1, 0.15) is 137 Å². The molecule has 5 nitrogen and oxygen atoms in total. The highest BCUT2D eigenvalue weighted by Gasteiger charge is 2.71. The van der Waals surface area contributed by atoms with Crippen molar-refractivity contribution in [2.75, 3.05) is 0 Å². The second-order valence-electron chi connectivity index (χ2n) is 15.5. The first kappa shape index (κ1) is 35.6. The van der Waals surface area contributed by atoms with Gasteiger partial charge in [-0.25, -0.2) is 0 Å². The number of rotatable bonds is 8. The van der Waals surface area contributed by atoms with E-state index in [0.29, 0.717) is 0 Å². The first-order valence-electron chi connectivity index (χ1n) is 17.8. The van der Waals surface area contributed by atoms with E-state index in [-0.39, 0.29) is 23.7 Å². The van der Waals surface area contributed by atoms with Gasteiger partial charge in [0.1, 0.15) is 12.2 Å². The molecule has 0 amide bonds. The fraction of sp³-hybridized carbons (Fsp3) is 0.442. The van der Waals surface area contributed by atoms with E-state index in [1.54, 1.807) is 0 Å². The van der Waals surface area contributed by atoms with Crippen LogP contribution < -0.4 is 0 Å². The van der Waals surface area contributed by atoms with E-state index >= 15 is 0 Å². The summed E-state index contributed by atoms with van der Waals surface area (Å²) in [6.07, 6.45) is -1.53. The predicted molar refractivity (Wildman–Crippen MR) is 197 cm³/mol. The summed E-state index contributed by atoms with van der Waals surface area (Å²) >= 11 is 0. The molecule has 6 rings (SSSR count). The third-order valence-corrected chi connectivity index (χ3v) is 11.1. The fourth-order valence-electron chi connectivity index (χ4n) is 7.43. The van der Waals surface area contributed by atoms with Crippen molar-refractivity contribution in [2.24, 2.45) is 0 Å². The topological polar surface area (TPSA) is 54.0 Å². The number of hydrogen-bond donors (Lipinski definition) is 0. The van der Waals surface area contributed by atoms with Gasteiger partial charge in [-0.2, -0.15) is 0 Å². The second kappa shape index (κ2) is 13.5. The number of benzene rings is 4. The van der Waals surface area contributed by atoms with Crippen molar-refractivity contribution >= 4 is 8.25 Å². The predicted octanol–water partition coefficient (Wildman–Crippen LogP) is 11.6. The van der Waals surface area contributed by atoms with Crippen LogP contribution in [0, 0.1) is 0 Å². The number of ether oxygens (including phenoxy) is 2. The molecule has 0 bridgehead atoms. The molecule has 2 atom stereocenters. The van der Waals surface area contributed by atoms with Crippen molar-refractivity contribution in [3.8, 4) is 0 Å². The standard InChI is InChI=1S/C43H52O5P/c1-27(2)31-15-11-19-35(23-31)42(36-20-12-16-32(24-36)28(3)4)39-40(46-41(9,10)45-39)43(48-49(44)47-42,37-21-13-17-33(25-37)29(5)6)38-22-14-18-34(26-38)30(7)8/h11-30,39-40H,1-10H3/q+1/t39-,40-/m0/s1. The molecule has 2 saturated heterocycles. The highest BCUT2D eigenvalue weighted by molar-refractivity contribution is 7.33. The number of hydrogen-bond acceptors (Lipinski definition) is 5. The molecule has 0 aliphatic carbocycles. The summed E-state index contributed by atoms with van der Waals surface area (Å²) in [6, 6.07) is 33.7. The van der Waals surface area contributed by atoms with E-state index in [1.807, 2.05) is 13.8 Å². The van der Waals surface area contributed by atoms with Gasteiger partial charge >= 0.3 is 8.25 Å². The maximum atomic E-state index is 14.9. The molecule has 0 aromatic heterocycles. The van der Waals surface area contributed by atoms with Gasteiger partial charge in [-0.3, -0.25) is 0 Å². The van der Waals surface area contributed by atoms with Gasteiger partial charge in [0.15, 0.2) is 5.79 Å². The molecule has 2 fully saturated rings. The van der Waals surface area contributed by atoms with E-state index in [1.165, 1.54) is 0 Å². The van der Waals surface area contributed by atoms with Crippen LogP contribution >= 0.6 is 8.25 Å². The summed E-state index contributed by atoms with van der Waals surface area (Å²) in [5.74, 6) is 0.0377. The van der Waals surface area contributed by atoms with Crippen molar-refractivity contribution in [3.63, 3.8) is 0 Å². The van der Waals surface area contributed by atoms with Crippen LogP contribution in [0.3, 0.4) is 0 Å². The van der Waals surface area contributed by atoms with Gasteiger partial charge in [0.2, 0.25) is 11.2 Å². The van der Waals surface area contributed by atoms with Gasteiger partial charge < -0.3 is 9.47 Å². The molecule has 0 saturated carbocycles. The smallest absolute Gasteiger partial charge is 0.340 e. The molecule has 258 valence electrons.